The van der Waals surface area contributed by atoms with E-state index >= 15 is 0 Å². The van der Waals surface area contributed by atoms with E-state index in [1.54, 1.807) is 0 Å². The number of hydrogen-bond acceptors (Lipinski definition) is 6. The summed E-state index contributed by atoms with van der Waals surface area (Å²) in [6.07, 6.45) is 0. The van der Waals surface area contributed by atoms with Gasteiger partial charge in [-0.2, -0.15) is 0 Å². The highest BCUT2D eigenvalue weighted by molar-refractivity contribution is 6.02. The van der Waals surface area contributed by atoms with Gasteiger partial charge in [0.25, 0.3) is 11.8 Å². The molecule has 0 radical (unpaired) electrons. The van der Waals surface area contributed by atoms with Crippen LogP contribution in [0.3, 0.4) is 0 Å². The maximum atomic E-state index is 12.3. The summed E-state index contributed by atoms with van der Waals surface area (Å²) in [5.41, 5.74) is 6.18. The van der Waals surface area contributed by atoms with Gasteiger partial charge in [0.1, 0.15) is 13.2 Å². The lowest BCUT2D eigenvalue weighted by Crippen LogP contribution is -2.32. The van der Waals surface area contributed by atoms with Crippen LogP contribution in [0.2, 0.25) is 0 Å². The molecular weight excluding hydrogens is 384 g/mol. The molecule has 0 saturated heterocycles. The average molecular weight is 406 g/mol. The second-order valence-electron chi connectivity index (χ2n) is 6.31. The number of nitrogen functional groups attached to an aromatic ring is 2. The number of carbonyl (C=O) groups is 2. The van der Waals surface area contributed by atoms with Gasteiger partial charge in [0.2, 0.25) is 0 Å². The van der Waals surface area contributed by atoms with Crippen LogP contribution in [-0.2, 0) is 13.2 Å². The van der Waals surface area contributed by atoms with E-state index in [0.717, 1.165) is 11.1 Å². The van der Waals surface area contributed by atoms with E-state index in [-0.39, 0.29) is 35.8 Å². The molecule has 0 heterocycles. The van der Waals surface area contributed by atoms with Crippen LogP contribution in [0, 0.1) is 0 Å². The molecule has 0 saturated carbocycles. The van der Waals surface area contributed by atoms with Crippen LogP contribution in [0.1, 0.15) is 31.8 Å². The zero-order valence-corrected chi connectivity index (χ0v) is 16.1. The quantitative estimate of drug-likeness (QED) is 0.257. The van der Waals surface area contributed by atoms with Crippen molar-refractivity contribution in [2.24, 2.45) is 11.7 Å². The predicted molar refractivity (Wildman–Crippen MR) is 111 cm³/mol. The first-order valence-corrected chi connectivity index (χ1v) is 9.16. The van der Waals surface area contributed by atoms with Crippen molar-refractivity contribution in [3.05, 3.63) is 95.1 Å². The Morgan fingerprint density at radius 3 is 1.33 bits per heavy atom. The summed E-state index contributed by atoms with van der Waals surface area (Å²) < 4.78 is 11.9. The molecule has 30 heavy (non-hydrogen) atoms. The van der Waals surface area contributed by atoms with E-state index < -0.39 is 11.8 Å². The van der Waals surface area contributed by atoms with Gasteiger partial charge < -0.3 is 9.47 Å². The molecule has 0 aliphatic rings. The van der Waals surface area contributed by atoms with Crippen LogP contribution in [-0.4, -0.2) is 11.8 Å². The number of amides is 2. The molecule has 0 atom stereocenters. The topological polar surface area (TPSA) is 129 Å². The normalized spacial score (nSPS) is 10.2. The zero-order valence-electron chi connectivity index (χ0n) is 16.1. The monoisotopic (exact) mass is 406 g/mol. The Morgan fingerprint density at radius 1 is 0.633 bits per heavy atom. The number of hydrazine groups is 2. The predicted octanol–water partition coefficient (Wildman–Crippen LogP) is 2.05. The molecule has 0 aromatic heterocycles. The van der Waals surface area contributed by atoms with Gasteiger partial charge in [0.05, 0.1) is 11.1 Å². The van der Waals surface area contributed by atoms with Crippen LogP contribution in [0.5, 0.6) is 11.5 Å². The van der Waals surface area contributed by atoms with Crippen molar-refractivity contribution >= 4 is 11.8 Å². The highest BCUT2D eigenvalue weighted by Gasteiger charge is 2.24. The molecule has 8 nitrogen and oxygen atoms in total. The molecule has 0 fully saturated rings. The number of benzene rings is 3. The van der Waals surface area contributed by atoms with Crippen molar-refractivity contribution in [2.45, 2.75) is 13.2 Å². The second-order valence-corrected chi connectivity index (χ2v) is 6.31. The van der Waals surface area contributed by atoms with E-state index in [2.05, 4.69) is 10.9 Å². The highest BCUT2D eigenvalue weighted by atomic mass is 16.5. The molecule has 154 valence electrons. The van der Waals surface area contributed by atoms with Gasteiger partial charge in [-0.3, -0.25) is 20.4 Å². The van der Waals surface area contributed by atoms with E-state index in [9.17, 15) is 9.59 Å². The molecule has 0 aliphatic heterocycles. The smallest absolute Gasteiger partial charge is 0.269 e. The van der Waals surface area contributed by atoms with Gasteiger partial charge in [-0.15, -0.1) is 0 Å². The first-order valence-electron chi connectivity index (χ1n) is 9.16. The summed E-state index contributed by atoms with van der Waals surface area (Å²) in [7, 11) is 0. The Bertz CT molecular complexity index is 928. The van der Waals surface area contributed by atoms with Crippen molar-refractivity contribution < 1.29 is 19.1 Å². The first-order chi connectivity index (χ1) is 14.6. The van der Waals surface area contributed by atoms with Gasteiger partial charge in [-0.1, -0.05) is 60.7 Å². The number of nitrogens with one attached hydrogen (secondary N) is 2. The summed E-state index contributed by atoms with van der Waals surface area (Å²) in [6.45, 7) is 0.308. The molecular formula is C22H22N4O4. The fourth-order valence-corrected chi connectivity index (χ4v) is 2.82. The van der Waals surface area contributed by atoms with E-state index in [1.165, 1.54) is 12.1 Å². The van der Waals surface area contributed by atoms with Crippen LogP contribution in [0.4, 0.5) is 0 Å². The number of rotatable bonds is 8. The van der Waals surface area contributed by atoms with Gasteiger partial charge in [0.15, 0.2) is 11.5 Å². The Kier molecular flexibility index (Phi) is 6.99. The number of ether oxygens (including phenoxy) is 2. The van der Waals surface area contributed by atoms with E-state index in [0.29, 0.717) is 0 Å². The third-order valence-electron chi connectivity index (χ3n) is 4.32. The van der Waals surface area contributed by atoms with Crippen molar-refractivity contribution in [1.82, 2.24) is 10.9 Å². The largest absolute Gasteiger partial charge is 0.484 e. The minimum atomic E-state index is -0.581. The second kappa shape index (κ2) is 10.1. The standard InChI is InChI=1S/C22H22N4O4/c23-25-21(27)17-11-12-18(22(28)26-24)20(30-14-16-9-5-2-6-10-16)19(17)29-13-15-7-3-1-4-8-15/h1-12H,13-14,23-24H2,(H,25,27)(H,26,28). The summed E-state index contributed by atoms with van der Waals surface area (Å²) in [5, 5.41) is 0. The summed E-state index contributed by atoms with van der Waals surface area (Å²) in [4.78, 5) is 24.7. The SMILES string of the molecule is NNC(=O)c1ccc(C(=O)NN)c(OCc2ccccc2)c1OCc1ccccc1. The third-order valence-corrected chi connectivity index (χ3v) is 4.32. The highest BCUT2D eigenvalue weighted by Crippen LogP contribution is 2.36. The molecule has 0 unspecified atom stereocenters. The Labute approximate surface area is 173 Å². The summed E-state index contributed by atoms with van der Waals surface area (Å²) in [5.74, 6) is 9.68. The minimum Gasteiger partial charge on any atom is -0.484 e. The molecule has 3 aromatic carbocycles. The van der Waals surface area contributed by atoms with Crippen LogP contribution < -0.4 is 32.0 Å². The van der Waals surface area contributed by atoms with Crippen LogP contribution in [0.25, 0.3) is 0 Å². The number of carbonyl (C=O) groups excluding carboxylic acids is 2. The van der Waals surface area contributed by atoms with Crippen molar-refractivity contribution in [2.75, 3.05) is 0 Å². The number of nitrogens with two attached hydrogens (primary N) is 2. The minimum absolute atomic E-state index is 0.0961. The maximum Gasteiger partial charge on any atom is 0.269 e. The van der Waals surface area contributed by atoms with E-state index in [4.69, 9.17) is 21.2 Å². The molecule has 3 rings (SSSR count). The van der Waals surface area contributed by atoms with Crippen LogP contribution in [0.15, 0.2) is 72.8 Å². The Hall–Kier alpha value is -3.88. The van der Waals surface area contributed by atoms with E-state index in [1.807, 2.05) is 60.7 Å². The molecule has 0 aliphatic carbocycles. The Morgan fingerprint density at radius 2 is 1.00 bits per heavy atom. The van der Waals surface area contributed by atoms with Crippen LogP contribution >= 0.6 is 0 Å². The average Bonchev–Trinajstić information content (AvgIpc) is 2.81. The Balaban J connectivity index is 2.02. The molecule has 8 heteroatoms. The third kappa shape index (κ3) is 4.93. The maximum absolute atomic E-state index is 12.3. The van der Waals surface area contributed by atoms with Gasteiger partial charge >= 0.3 is 0 Å². The zero-order chi connectivity index (χ0) is 21.3. The van der Waals surface area contributed by atoms with Gasteiger partial charge in [-0.25, -0.2) is 11.7 Å². The lowest BCUT2D eigenvalue weighted by atomic mass is 10.1. The van der Waals surface area contributed by atoms with Gasteiger partial charge in [-0.05, 0) is 23.3 Å². The molecule has 2 amide bonds. The molecule has 6 N–H and O–H groups in total. The molecule has 3 aromatic rings. The first kappa shape index (κ1) is 20.8. The molecule has 0 spiro atoms. The number of hydrogen-bond donors (Lipinski definition) is 4. The summed E-state index contributed by atoms with van der Waals surface area (Å²) in [6, 6.07) is 21.6. The lowest BCUT2D eigenvalue weighted by Gasteiger charge is -2.19. The lowest BCUT2D eigenvalue weighted by molar-refractivity contribution is 0.0932. The van der Waals surface area contributed by atoms with Crippen molar-refractivity contribution in [3.8, 4) is 11.5 Å². The van der Waals surface area contributed by atoms with Crippen molar-refractivity contribution in [1.29, 1.82) is 0 Å². The van der Waals surface area contributed by atoms with Crippen molar-refractivity contribution in [3.63, 3.8) is 0 Å². The van der Waals surface area contributed by atoms with Gasteiger partial charge in [0, 0.05) is 0 Å². The fraction of sp³-hybridized carbons (Fsp3) is 0.0909. The fourth-order valence-electron chi connectivity index (χ4n) is 2.82. The molecule has 0 bridgehead atoms. The summed E-state index contributed by atoms with van der Waals surface area (Å²) >= 11 is 0.